The molecule has 2 aromatic carbocycles. The first-order chi connectivity index (χ1) is 13.1. The third kappa shape index (κ3) is 3.60. The number of hydrogen-bond donors (Lipinski definition) is 2. The van der Waals surface area contributed by atoms with Crippen LogP contribution in [0.25, 0.3) is 0 Å². The molecule has 0 fully saturated rings. The first-order valence-electron chi connectivity index (χ1n) is 9.35. The van der Waals surface area contributed by atoms with E-state index in [2.05, 4.69) is 41.8 Å². The molecule has 4 rings (SSSR count). The lowest BCUT2D eigenvalue weighted by Crippen LogP contribution is -2.44. The van der Waals surface area contributed by atoms with Gasteiger partial charge in [-0.25, -0.2) is 4.79 Å². The number of nitrogens with zero attached hydrogens (tertiary/aromatic N) is 1. The number of benzene rings is 2. The van der Waals surface area contributed by atoms with E-state index in [1.807, 2.05) is 4.90 Å². The van der Waals surface area contributed by atoms with Gasteiger partial charge in [0.2, 0.25) is 0 Å². The van der Waals surface area contributed by atoms with Crippen molar-refractivity contribution in [3.05, 3.63) is 53.6 Å². The summed E-state index contributed by atoms with van der Waals surface area (Å²) in [6, 6.07) is 13.7. The van der Waals surface area contributed by atoms with Crippen molar-refractivity contribution in [2.24, 2.45) is 0 Å². The average Bonchev–Trinajstić information content (AvgIpc) is 3.09. The van der Waals surface area contributed by atoms with E-state index in [1.54, 1.807) is 18.2 Å². The van der Waals surface area contributed by atoms with Crippen LogP contribution >= 0.6 is 0 Å². The molecule has 0 aromatic heterocycles. The molecular weight excluding hydrogens is 342 g/mol. The summed E-state index contributed by atoms with van der Waals surface area (Å²) < 4.78 is 5.43. The molecule has 6 heteroatoms. The lowest BCUT2D eigenvalue weighted by Gasteiger charge is -2.29. The molecule has 3 amide bonds. The Bertz CT molecular complexity index is 856. The van der Waals surface area contributed by atoms with Crippen LogP contribution in [0.5, 0.6) is 5.75 Å². The highest BCUT2D eigenvalue weighted by Crippen LogP contribution is 2.31. The molecule has 2 aliphatic rings. The number of hydrogen-bond acceptors (Lipinski definition) is 3. The third-order valence-corrected chi connectivity index (χ3v) is 5.06. The molecule has 0 atom stereocenters. The fourth-order valence-corrected chi connectivity index (χ4v) is 3.79. The first-order valence-corrected chi connectivity index (χ1v) is 9.35. The number of amides is 3. The second-order valence-electron chi connectivity index (χ2n) is 7.00. The van der Waals surface area contributed by atoms with Crippen LogP contribution in [0.2, 0.25) is 0 Å². The van der Waals surface area contributed by atoms with Crippen LogP contribution in [0.3, 0.4) is 0 Å². The largest absolute Gasteiger partial charge is 0.482 e. The zero-order valence-electron chi connectivity index (χ0n) is 15.3. The quantitative estimate of drug-likeness (QED) is 0.872. The molecule has 0 saturated carbocycles. The standard InChI is InChI=1S/C21H23N3O3/c1-2-9-24(17-10-14-5-3-4-6-15(14)11-17)21(26)22-16-7-8-18-19(12-16)27-13-20(25)23-18/h3-8,12,17H,2,9-11,13H2,1H3,(H,22,26)(H,23,25). The monoisotopic (exact) mass is 365 g/mol. The van der Waals surface area contributed by atoms with Crippen LogP contribution in [0, 0.1) is 0 Å². The molecule has 27 heavy (non-hydrogen) atoms. The fraction of sp³-hybridized carbons (Fsp3) is 0.333. The Morgan fingerprint density at radius 1 is 1.22 bits per heavy atom. The van der Waals surface area contributed by atoms with E-state index in [0.717, 1.165) is 19.3 Å². The zero-order chi connectivity index (χ0) is 18.8. The summed E-state index contributed by atoms with van der Waals surface area (Å²) in [7, 11) is 0. The van der Waals surface area contributed by atoms with E-state index in [0.29, 0.717) is 23.7 Å². The van der Waals surface area contributed by atoms with Crippen molar-refractivity contribution in [1.82, 2.24) is 4.90 Å². The summed E-state index contributed by atoms with van der Waals surface area (Å²) in [5.41, 5.74) is 3.94. The van der Waals surface area contributed by atoms with E-state index in [4.69, 9.17) is 4.74 Å². The minimum atomic E-state index is -0.172. The van der Waals surface area contributed by atoms with Gasteiger partial charge in [-0.2, -0.15) is 0 Å². The van der Waals surface area contributed by atoms with E-state index in [1.165, 1.54) is 11.1 Å². The number of rotatable bonds is 4. The minimum absolute atomic E-state index is 0.00725. The summed E-state index contributed by atoms with van der Waals surface area (Å²) in [5, 5.41) is 5.74. The average molecular weight is 365 g/mol. The van der Waals surface area contributed by atoms with E-state index in [9.17, 15) is 9.59 Å². The van der Waals surface area contributed by atoms with Gasteiger partial charge in [-0.3, -0.25) is 4.79 Å². The van der Waals surface area contributed by atoms with E-state index < -0.39 is 0 Å². The van der Waals surface area contributed by atoms with Gasteiger partial charge in [0.25, 0.3) is 5.91 Å². The van der Waals surface area contributed by atoms with Crippen molar-refractivity contribution in [3.8, 4) is 5.75 Å². The molecule has 0 bridgehead atoms. The summed E-state index contributed by atoms with van der Waals surface area (Å²) in [5.74, 6) is 0.400. The van der Waals surface area contributed by atoms with Crippen molar-refractivity contribution in [3.63, 3.8) is 0 Å². The molecule has 1 aliphatic heterocycles. The smallest absolute Gasteiger partial charge is 0.322 e. The first kappa shape index (κ1) is 17.4. The Morgan fingerprint density at radius 3 is 2.67 bits per heavy atom. The number of urea groups is 1. The Kier molecular flexibility index (Phi) is 4.71. The maximum atomic E-state index is 13.0. The number of fused-ring (bicyclic) bond motifs is 2. The Hall–Kier alpha value is -3.02. The van der Waals surface area contributed by atoms with Crippen LogP contribution < -0.4 is 15.4 Å². The van der Waals surface area contributed by atoms with E-state index in [-0.39, 0.29) is 24.6 Å². The molecule has 140 valence electrons. The highest BCUT2D eigenvalue weighted by molar-refractivity contribution is 5.96. The predicted octanol–water partition coefficient (Wildman–Crippen LogP) is 3.43. The number of nitrogens with one attached hydrogen (secondary N) is 2. The molecule has 0 unspecified atom stereocenters. The van der Waals surface area contributed by atoms with Gasteiger partial charge in [0.05, 0.1) is 5.69 Å². The molecule has 1 heterocycles. The number of ether oxygens (including phenoxy) is 1. The van der Waals surface area contributed by atoms with Crippen LogP contribution in [0.1, 0.15) is 24.5 Å². The second kappa shape index (κ2) is 7.31. The van der Waals surface area contributed by atoms with E-state index >= 15 is 0 Å². The molecule has 6 nitrogen and oxygen atoms in total. The van der Waals surface area contributed by atoms with Crippen LogP contribution in [-0.4, -0.2) is 36.0 Å². The number of carbonyl (C=O) groups excluding carboxylic acids is 2. The van der Waals surface area contributed by atoms with Gasteiger partial charge in [0, 0.05) is 24.3 Å². The van der Waals surface area contributed by atoms with Gasteiger partial charge >= 0.3 is 6.03 Å². The topological polar surface area (TPSA) is 70.7 Å². The summed E-state index contributed by atoms with van der Waals surface area (Å²) in [6.07, 6.45) is 2.69. The lowest BCUT2D eigenvalue weighted by atomic mass is 10.1. The SMILES string of the molecule is CCCN(C(=O)Nc1ccc2c(c1)OCC(=O)N2)C1Cc2ccccc2C1. The van der Waals surface area contributed by atoms with Crippen molar-refractivity contribution in [2.45, 2.75) is 32.2 Å². The third-order valence-electron chi connectivity index (χ3n) is 5.06. The maximum absolute atomic E-state index is 13.0. The Labute approximate surface area is 158 Å². The lowest BCUT2D eigenvalue weighted by molar-refractivity contribution is -0.118. The predicted molar refractivity (Wildman–Crippen MR) is 104 cm³/mol. The van der Waals surface area contributed by atoms with Crippen LogP contribution in [0.4, 0.5) is 16.2 Å². The zero-order valence-corrected chi connectivity index (χ0v) is 15.3. The van der Waals surface area contributed by atoms with Crippen molar-refractivity contribution in [1.29, 1.82) is 0 Å². The van der Waals surface area contributed by atoms with Crippen LogP contribution in [-0.2, 0) is 17.6 Å². The molecule has 0 radical (unpaired) electrons. The van der Waals surface area contributed by atoms with Gasteiger partial charge < -0.3 is 20.3 Å². The minimum Gasteiger partial charge on any atom is -0.482 e. The van der Waals surface area contributed by atoms with Gasteiger partial charge in [0.15, 0.2) is 6.61 Å². The van der Waals surface area contributed by atoms with Gasteiger partial charge in [-0.15, -0.1) is 0 Å². The number of anilines is 2. The highest BCUT2D eigenvalue weighted by atomic mass is 16.5. The molecule has 0 saturated heterocycles. The summed E-state index contributed by atoms with van der Waals surface area (Å²) in [4.78, 5) is 26.3. The van der Waals surface area contributed by atoms with Gasteiger partial charge in [-0.1, -0.05) is 31.2 Å². The van der Waals surface area contributed by atoms with Crippen LogP contribution in [0.15, 0.2) is 42.5 Å². The summed E-state index contributed by atoms with van der Waals surface area (Å²) in [6.45, 7) is 2.78. The maximum Gasteiger partial charge on any atom is 0.322 e. The van der Waals surface area contributed by atoms with Crippen molar-refractivity contribution >= 4 is 23.3 Å². The van der Waals surface area contributed by atoms with Crippen molar-refractivity contribution < 1.29 is 14.3 Å². The molecule has 1 aliphatic carbocycles. The second-order valence-corrected chi connectivity index (χ2v) is 7.00. The molecular formula is C21H23N3O3. The molecule has 2 aromatic rings. The van der Waals surface area contributed by atoms with Gasteiger partial charge in [-0.05, 0) is 42.5 Å². The van der Waals surface area contributed by atoms with Crippen molar-refractivity contribution in [2.75, 3.05) is 23.8 Å². The Balaban J connectivity index is 1.48. The van der Waals surface area contributed by atoms with Gasteiger partial charge in [0.1, 0.15) is 5.75 Å². The molecule has 0 spiro atoms. The highest BCUT2D eigenvalue weighted by Gasteiger charge is 2.29. The molecule has 2 N–H and O–H groups in total. The Morgan fingerprint density at radius 2 is 1.96 bits per heavy atom. The fourth-order valence-electron chi connectivity index (χ4n) is 3.79. The summed E-state index contributed by atoms with van der Waals surface area (Å²) >= 11 is 0. The normalized spacial score (nSPS) is 15.4. The number of carbonyl (C=O) groups is 2.